The second kappa shape index (κ2) is 7.59. The Morgan fingerprint density at radius 1 is 1.36 bits per heavy atom. The van der Waals surface area contributed by atoms with Crippen molar-refractivity contribution in [2.75, 3.05) is 26.7 Å². The van der Waals surface area contributed by atoms with E-state index in [-0.39, 0.29) is 23.8 Å². The Balaban J connectivity index is 1.47. The van der Waals surface area contributed by atoms with Gasteiger partial charge in [0.15, 0.2) is 0 Å². The molecule has 0 aliphatic carbocycles. The Morgan fingerprint density at radius 2 is 2.16 bits per heavy atom. The number of urea groups is 1. The standard InChI is InChI=1S/C19H24N2O4/c1-13-12-21(10-8-16(13)18(22)24-2)19(23)20-9-7-15-11-14-5-3-4-6-17(14)25-15/h3-6,11,13,16H,7-10,12H2,1-2H3,(H,20,23). The minimum absolute atomic E-state index is 0.0914. The number of likely N-dealkylation sites (tertiary alicyclic amines) is 1. The van der Waals surface area contributed by atoms with Gasteiger partial charge in [-0.3, -0.25) is 4.79 Å². The number of carbonyl (C=O) groups excluding carboxylic acids is 2. The molecule has 134 valence electrons. The van der Waals surface area contributed by atoms with Crippen LogP contribution in [0.25, 0.3) is 11.0 Å². The number of piperidine rings is 1. The lowest BCUT2D eigenvalue weighted by atomic mass is 9.87. The molecule has 2 heterocycles. The van der Waals surface area contributed by atoms with Crippen molar-refractivity contribution in [3.8, 4) is 0 Å². The molecule has 0 radical (unpaired) electrons. The van der Waals surface area contributed by atoms with E-state index in [1.807, 2.05) is 37.3 Å². The Hall–Kier alpha value is -2.50. The molecule has 1 aromatic carbocycles. The molecule has 0 saturated carbocycles. The molecule has 0 spiro atoms. The lowest BCUT2D eigenvalue weighted by molar-refractivity contribution is -0.148. The highest BCUT2D eigenvalue weighted by Crippen LogP contribution is 2.24. The highest BCUT2D eigenvalue weighted by molar-refractivity contribution is 5.78. The predicted octanol–water partition coefficient (Wildman–Crippen LogP) is 2.82. The zero-order chi connectivity index (χ0) is 17.8. The van der Waals surface area contributed by atoms with Crippen LogP contribution < -0.4 is 5.32 Å². The van der Waals surface area contributed by atoms with Gasteiger partial charge in [0, 0.05) is 31.4 Å². The Bertz CT molecular complexity index is 722. The minimum Gasteiger partial charge on any atom is -0.469 e. The predicted molar refractivity (Wildman–Crippen MR) is 94.2 cm³/mol. The van der Waals surface area contributed by atoms with E-state index in [0.29, 0.717) is 32.5 Å². The van der Waals surface area contributed by atoms with E-state index in [4.69, 9.17) is 9.15 Å². The van der Waals surface area contributed by atoms with Crippen LogP contribution in [0.1, 0.15) is 19.1 Å². The van der Waals surface area contributed by atoms with Crippen LogP contribution in [0.2, 0.25) is 0 Å². The molecule has 1 N–H and O–H groups in total. The van der Waals surface area contributed by atoms with Crippen molar-refractivity contribution >= 4 is 23.0 Å². The van der Waals surface area contributed by atoms with Crippen LogP contribution in [-0.4, -0.2) is 43.6 Å². The summed E-state index contributed by atoms with van der Waals surface area (Å²) in [4.78, 5) is 25.8. The molecule has 1 fully saturated rings. The molecule has 6 nitrogen and oxygen atoms in total. The third kappa shape index (κ3) is 3.95. The van der Waals surface area contributed by atoms with E-state index in [0.717, 1.165) is 16.7 Å². The largest absolute Gasteiger partial charge is 0.469 e. The number of benzene rings is 1. The van der Waals surface area contributed by atoms with Gasteiger partial charge in [-0.05, 0) is 24.5 Å². The number of para-hydroxylation sites is 1. The molecular weight excluding hydrogens is 320 g/mol. The monoisotopic (exact) mass is 344 g/mol. The quantitative estimate of drug-likeness (QED) is 0.866. The van der Waals surface area contributed by atoms with Gasteiger partial charge in [0.1, 0.15) is 11.3 Å². The molecule has 25 heavy (non-hydrogen) atoms. The summed E-state index contributed by atoms with van der Waals surface area (Å²) in [6.07, 6.45) is 1.29. The van der Waals surface area contributed by atoms with Gasteiger partial charge in [0.25, 0.3) is 0 Å². The summed E-state index contributed by atoms with van der Waals surface area (Å²) in [5, 5.41) is 4.01. The van der Waals surface area contributed by atoms with E-state index in [1.54, 1.807) is 4.90 Å². The SMILES string of the molecule is COC(=O)C1CCN(C(=O)NCCc2cc3ccccc3o2)CC1C. The summed E-state index contributed by atoms with van der Waals surface area (Å²) >= 11 is 0. The maximum absolute atomic E-state index is 12.3. The van der Waals surface area contributed by atoms with E-state index in [9.17, 15) is 9.59 Å². The molecule has 2 amide bonds. The smallest absolute Gasteiger partial charge is 0.317 e. The third-order valence-electron chi connectivity index (χ3n) is 4.82. The molecule has 1 aliphatic rings. The van der Waals surface area contributed by atoms with Gasteiger partial charge < -0.3 is 19.4 Å². The second-order valence-corrected chi connectivity index (χ2v) is 6.57. The average molecular weight is 344 g/mol. The summed E-state index contributed by atoms with van der Waals surface area (Å²) in [6.45, 7) is 3.64. The highest BCUT2D eigenvalue weighted by atomic mass is 16.5. The van der Waals surface area contributed by atoms with Crippen molar-refractivity contribution in [2.24, 2.45) is 11.8 Å². The van der Waals surface area contributed by atoms with Crippen molar-refractivity contribution < 1.29 is 18.7 Å². The molecule has 2 unspecified atom stereocenters. The van der Waals surface area contributed by atoms with Crippen molar-refractivity contribution in [2.45, 2.75) is 19.8 Å². The fraction of sp³-hybridized carbons (Fsp3) is 0.474. The first-order valence-corrected chi connectivity index (χ1v) is 8.66. The number of carbonyl (C=O) groups is 2. The summed E-state index contributed by atoms with van der Waals surface area (Å²) in [5.41, 5.74) is 0.863. The minimum atomic E-state index is -0.183. The first-order chi connectivity index (χ1) is 12.1. The fourth-order valence-electron chi connectivity index (χ4n) is 3.40. The van der Waals surface area contributed by atoms with E-state index >= 15 is 0 Å². The molecule has 1 aromatic heterocycles. The zero-order valence-corrected chi connectivity index (χ0v) is 14.7. The van der Waals surface area contributed by atoms with Gasteiger partial charge in [-0.15, -0.1) is 0 Å². The van der Waals surface area contributed by atoms with Gasteiger partial charge in [-0.2, -0.15) is 0 Å². The molecule has 0 bridgehead atoms. The number of furan rings is 1. The van der Waals surface area contributed by atoms with Crippen molar-refractivity contribution in [3.63, 3.8) is 0 Å². The number of hydrogen-bond donors (Lipinski definition) is 1. The van der Waals surface area contributed by atoms with Crippen LogP contribution in [0.3, 0.4) is 0 Å². The van der Waals surface area contributed by atoms with Crippen LogP contribution in [0, 0.1) is 11.8 Å². The number of rotatable bonds is 4. The van der Waals surface area contributed by atoms with Crippen molar-refractivity contribution in [1.82, 2.24) is 10.2 Å². The first-order valence-electron chi connectivity index (χ1n) is 8.66. The summed E-state index contributed by atoms with van der Waals surface area (Å²) in [7, 11) is 1.41. The van der Waals surface area contributed by atoms with Crippen LogP contribution in [0.15, 0.2) is 34.7 Å². The van der Waals surface area contributed by atoms with Gasteiger partial charge in [-0.1, -0.05) is 25.1 Å². The van der Waals surface area contributed by atoms with Crippen LogP contribution in [0.4, 0.5) is 4.79 Å². The average Bonchev–Trinajstić information content (AvgIpc) is 3.03. The molecule has 3 rings (SSSR count). The number of fused-ring (bicyclic) bond motifs is 1. The lowest BCUT2D eigenvalue weighted by Gasteiger charge is -2.35. The third-order valence-corrected chi connectivity index (χ3v) is 4.82. The summed E-state index contributed by atoms with van der Waals surface area (Å²) < 4.78 is 10.6. The molecule has 1 aliphatic heterocycles. The number of esters is 1. The van der Waals surface area contributed by atoms with Crippen molar-refractivity contribution in [1.29, 1.82) is 0 Å². The second-order valence-electron chi connectivity index (χ2n) is 6.57. The van der Waals surface area contributed by atoms with E-state index in [2.05, 4.69) is 5.32 Å². The number of amides is 2. The van der Waals surface area contributed by atoms with Crippen molar-refractivity contribution in [3.05, 3.63) is 36.1 Å². The van der Waals surface area contributed by atoms with Crippen LogP contribution >= 0.6 is 0 Å². The van der Waals surface area contributed by atoms with Crippen LogP contribution in [0.5, 0.6) is 0 Å². The van der Waals surface area contributed by atoms with E-state index in [1.165, 1.54) is 7.11 Å². The van der Waals surface area contributed by atoms with Gasteiger partial charge in [-0.25, -0.2) is 4.79 Å². The van der Waals surface area contributed by atoms with Gasteiger partial charge in [0.05, 0.1) is 13.0 Å². The summed E-state index contributed by atoms with van der Waals surface area (Å²) in [6, 6.07) is 9.77. The molecular formula is C19H24N2O4. The maximum Gasteiger partial charge on any atom is 0.317 e. The lowest BCUT2D eigenvalue weighted by Crippen LogP contribution is -2.49. The maximum atomic E-state index is 12.3. The number of methoxy groups -OCH3 is 1. The zero-order valence-electron chi connectivity index (χ0n) is 14.7. The molecule has 2 atom stereocenters. The molecule has 1 saturated heterocycles. The Labute approximate surface area is 147 Å². The number of nitrogens with one attached hydrogen (secondary N) is 1. The molecule has 6 heteroatoms. The topological polar surface area (TPSA) is 71.8 Å². The Morgan fingerprint density at radius 3 is 2.88 bits per heavy atom. The first kappa shape index (κ1) is 17.3. The van der Waals surface area contributed by atoms with Gasteiger partial charge in [0.2, 0.25) is 0 Å². The highest BCUT2D eigenvalue weighted by Gasteiger charge is 2.33. The fourth-order valence-corrected chi connectivity index (χ4v) is 3.40. The molecule has 2 aromatic rings. The Kier molecular flexibility index (Phi) is 5.26. The number of nitrogens with zero attached hydrogens (tertiary/aromatic N) is 1. The van der Waals surface area contributed by atoms with E-state index < -0.39 is 0 Å². The van der Waals surface area contributed by atoms with Crippen LogP contribution in [-0.2, 0) is 16.0 Å². The summed E-state index contributed by atoms with van der Waals surface area (Å²) in [5.74, 6) is 0.656. The number of hydrogen-bond acceptors (Lipinski definition) is 4. The number of ether oxygens (including phenoxy) is 1. The van der Waals surface area contributed by atoms with Gasteiger partial charge >= 0.3 is 12.0 Å². The normalized spacial score (nSPS) is 20.5.